The van der Waals surface area contributed by atoms with Crippen LogP contribution in [-0.4, -0.2) is 67.0 Å². The third-order valence-corrected chi connectivity index (χ3v) is 9.74. The van der Waals surface area contributed by atoms with E-state index in [2.05, 4.69) is 4.74 Å². The van der Waals surface area contributed by atoms with E-state index in [1.54, 1.807) is 26.5 Å². The summed E-state index contributed by atoms with van der Waals surface area (Å²) < 4.78 is 15.3. The molecule has 40 heavy (non-hydrogen) atoms. The average Bonchev–Trinajstić information content (AvgIpc) is 3.27. The van der Waals surface area contributed by atoms with Crippen molar-refractivity contribution in [2.24, 2.45) is 0 Å². The number of ether oxygens (including phenoxy) is 3. The van der Waals surface area contributed by atoms with Crippen LogP contribution < -0.4 is 14.5 Å². The topological polar surface area (TPSA) is 106 Å². The maximum Gasteiger partial charge on any atom is 0.414 e. The molecule has 0 aliphatic carbocycles. The van der Waals surface area contributed by atoms with Crippen molar-refractivity contribution in [3.63, 3.8) is 0 Å². The number of rotatable bonds is 9. The SMILES string of the molecule is CC.COC(=O)CCCSSC(C)(C)COC(=O)N1CC2Cc3ccccc3N2C(=O)c2cc(OC)c(O)cc21. The summed E-state index contributed by atoms with van der Waals surface area (Å²) in [5, 5.41) is 10.5. The second-order valence-electron chi connectivity index (χ2n) is 9.71. The Morgan fingerprint density at radius 1 is 1.12 bits per heavy atom. The fourth-order valence-corrected chi connectivity index (χ4v) is 7.00. The number of hydrogen-bond donors (Lipinski definition) is 1. The van der Waals surface area contributed by atoms with Crippen molar-refractivity contribution >= 4 is 50.9 Å². The molecule has 0 saturated heterocycles. The Bertz CT molecular complexity index is 1220. The Kier molecular flexibility index (Phi) is 11.0. The number of nitrogens with zero attached hydrogens (tertiary/aromatic N) is 2. The second-order valence-corrected chi connectivity index (χ2v) is 12.8. The molecule has 1 N–H and O–H groups in total. The van der Waals surface area contributed by atoms with E-state index in [9.17, 15) is 19.5 Å². The molecule has 218 valence electrons. The first-order valence-corrected chi connectivity index (χ1v) is 15.6. The van der Waals surface area contributed by atoms with Gasteiger partial charge in [0.25, 0.3) is 5.91 Å². The fourth-order valence-electron chi connectivity index (χ4n) is 4.53. The van der Waals surface area contributed by atoms with Gasteiger partial charge in [-0.2, -0.15) is 0 Å². The number of aromatic hydroxyl groups is 1. The highest BCUT2D eigenvalue weighted by molar-refractivity contribution is 8.77. The highest BCUT2D eigenvalue weighted by Crippen LogP contribution is 2.42. The summed E-state index contributed by atoms with van der Waals surface area (Å²) in [7, 11) is 5.98. The molecule has 2 aromatic carbocycles. The molecule has 0 spiro atoms. The van der Waals surface area contributed by atoms with Crippen LogP contribution in [0.15, 0.2) is 36.4 Å². The number of carbonyl (C=O) groups is 3. The first-order valence-electron chi connectivity index (χ1n) is 13.3. The lowest BCUT2D eigenvalue weighted by Gasteiger charge is -2.28. The van der Waals surface area contributed by atoms with Gasteiger partial charge in [0.1, 0.15) is 6.61 Å². The van der Waals surface area contributed by atoms with Gasteiger partial charge >= 0.3 is 12.1 Å². The number of phenolic OH excluding ortho intramolecular Hbond substituents is 1. The van der Waals surface area contributed by atoms with Crippen LogP contribution in [0.5, 0.6) is 11.5 Å². The lowest BCUT2D eigenvalue weighted by atomic mass is 10.1. The minimum absolute atomic E-state index is 0.136. The predicted molar refractivity (Wildman–Crippen MR) is 161 cm³/mol. The van der Waals surface area contributed by atoms with E-state index in [4.69, 9.17) is 9.47 Å². The van der Waals surface area contributed by atoms with Gasteiger partial charge in [-0.05, 0) is 44.4 Å². The Morgan fingerprint density at radius 3 is 2.55 bits per heavy atom. The maximum atomic E-state index is 13.8. The second kappa shape index (κ2) is 14.0. The van der Waals surface area contributed by atoms with E-state index < -0.39 is 10.8 Å². The lowest BCUT2D eigenvalue weighted by Crippen LogP contribution is -2.44. The number of methoxy groups -OCH3 is 2. The van der Waals surface area contributed by atoms with Gasteiger partial charge in [0.2, 0.25) is 0 Å². The Hall–Kier alpha value is -3.05. The minimum atomic E-state index is -0.592. The summed E-state index contributed by atoms with van der Waals surface area (Å²) >= 11 is 0. The zero-order chi connectivity index (χ0) is 29.4. The monoisotopic (exact) mass is 590 g/mol. The van der Waals surface area contributed by atoms with E-state index in [1.165, 1.54) is 31.3 Å². The highest BCUT2D eigenvalue weighted by Gasteiger charge is 2.42. The van der Waals surface area contributed by atoms with Crippen molar-refractivity contribution in [3.05, 3.63) is 47.5 Å². The fraction of sp³-hybridized carbons (Fsp3) is 0.483. The molecule has 4 rings (SSSR count). The Morgan fingerprint density at radius 2 is 1.85 bits per heavy atom. The van der Waals surface area contributed by atoms with Crippen molar-refractivity contribution in [2.75, 3.05) is 42.9 Å². The number of fused-ring (bicyclic) bond motifs is 4. The summed E-state index contributed by atoms with van der Waals surface area (Å²) in [5.74, 6) is 0.254. The summed E-state index contributed by atoms with van der Waals surface area (Å²) in [6, 6.07) is 10.3. The summed E-state index contributed by atoms with van der Waals surface area (Å²) in [5.41, 5.74) is 2.39. The van der Waals surface area contributed by atoms with Gasteiger partial charge in [0.15, 0.2) is 11.5 Å². The van der Waals surface area contributed by atoms with Crippen molar-refractivity contribution in [2.45, 2.75) is 57.7 Å². The molecule has 0 fully saturated rings. The molecule has 0 bridgehead atoms. The predicted octanol–water partition coefficient (Wildman–Crippen LogP) is 6.07. The number of amides is 2. The largest absolute Gasteiger partial charge is 0.504 e. The number of carbonyl (C=O) groups excluding carboxylic acids is 3. The number of para-hydroxylation sites is 1. The zero-order valence-electron chi connectivity index (χ0n) is 23.9. The van der Waals surface area contributed by atoms with Crippen LogP contribution in [0.25, 0.3) is 0 Å². The maximum absolute atomic E-state index is 13.8. The van der Waals surface area contributed by atoms with Gasteiger partial charge < -0.3 is 24.2 Å². The molecule has 1 atom stereocenters. The molecular formula is C29H38N2O7S2. The molecule has 0 aromatic heterocycles. The first kappa shape index (κ1) is 31.5. The van der Waals surface area contributed by atoms with Crippen LogP contribution >= 0.6 is 21.6 Å². The van der Waals surface area contributed by atoms with Crippen molar-refractivity contribution in [1.29, 1.82) is 0 Å². The Balaban J connectivity index is 0.00000216. The lowest BCUT2D eigenvalue weighted by molar-refractivity contribution is -0.140. The number of esters is 1. The van der Waals surface area contributed by atoms with E-state index in [1.807, 2.05) is 52.0 Å². The zero-order valence-corrected chi connectivity index (χ0v) is 25.5. The molecule has 0 saturated carbocycles. The smallest absolute Gasteiger partial charge is 0.414 e. The Labute approximate surface area is 243 Å². The summed E-state index contributed by atoms with van der Waals surface area (Å²) in [4.78, 5) is 41.7. The van der Waals surface area contributed by atoms with Crippen LogP contribution in [0, 0.1) is 0 Å². The molecule has 2 amide bonds. The van der Waals surface area contributed by atoms with E-state index in [0.29, 0.717) is 19.3 Å². The summed E-state index contributed by atoms with van der Waals surface area (Å²) in [6.45, 7) is 8.30. The van der Waals surface area contributed by atoms with Crippen LogP contribution in [0.3, 0.4) is 0 Å². The van der Waals surface area contributed by atoms with Crippen LogP contribution in [0.4, 0.5) is 16.2 Å². The number of hydrogen-bond acceptors (Lipinski definition) is 9. The number of benzene rings is 2. The van der Waals surface area contributed by atoms with Crippen molar-refractivity contribution in [1.82, 2.24) is 0 Å². The average molecular weight is 591 g/mol. The van der Waals surface area contributed by atoms with Crippen LogP contribution in [0.1, 0.15) is 56.5 Å². The molecule has 0 radical (unpaired) electrons. The highest BCUT2D eigenvalue weighted by atomic mass is 33.1. The molecule has 11 heteroatoms. The summed E-state index contributed by atoms with van der Waals surface area (Å²) in [6.07, 6.45) is 1.08. The molecule has 2 aliphatic heterocycles. The van der Waals surface area contributed by atoms with Gasteiger partial charge in [-0.1, -0.05) is 53.6 Å². The molecule has 2 aromatic rings. The third-order valence-electron chi connectivity index (χ3n) is 6.39. The molecule has 2 aliphatic rings. The van der Waals surface area contributed by atoms with Gasteiger partial charge in [0, 0.05) is 23.9 Å². The number of anilines is 2. The number of phenols is 1. The van der Waals surface area contributed by atoms with Crippen molar-refractivity contribution in [3.8, 4) is 11.5 Å². The van der Waals surface area contributed by atoms with Crippen LogP contribution in [0.2, 0.25) is 0 Å². The quantitative estimate of drug-likeness (QED) is 0.212. The molecular weight excluding hydrogens is 552 g/mol. The minimum Gasteiger partial charge on any atom is -0.504 e. The normalized spacial score (nSPS) is 15.7. The first-order chi connectivity index (χ1) is 19.1. The van der Waals surface area contributed by atoms with E-state index in [-0.39, 0.29) is 53.8 Å². The van der Waals surface area contributed by atoms with E-state index in [0.717, 1.165) is 17.0 Å². The molecule has 1 unspecified atom stereocenters. The van der Waals surface area contributed by atoms with Gasteiger partial charge in [-0.15, -0.1) is 0 Å². The van der Waals surface area contributed by atoms with Gasteiger partial charge in [-0.3, -0.25) is 14.5 Å². The standard InChI is InChI=1S/C27H32N2O7S2.C2H6/c1-27(2,38-37-11-7-10-24(31)35-4)16-36-26(33)28-15-18-12-17-8-5-6-9-20(17)29(18)25(32)19-13-23(34-3)22(30)14-21(19)28;1-2/h5-6,8-9,13-14,18,30H,7,10-12,15-16H2,1-4H3;1-2H3. The van der Waals surface area contributed by atoms with E-state index >= 15 is 0 Å². The van der Waals surface area contributed by atoms with Gasteiger partial charge in [-0.25, -0.2) is 4.79 Å². The van der Waals surface area contributed by atoms with Crippen LogP contribution in [-0.2, 0) is 20.7 Å². The molecule has 2 heterocycles. The van der Waals surface area contributed by atoms with Gasteiger partial charge in [0.05, 0.1) is 42.8 Å². The van der Waals surface area contributed by atoms with Crippen molar-refractivity contribution < 1.29 is 33.7 Å². The molecule has 9 nitrogen and oxygen atoms in total. The third kappa shape index (κ3) is 7.17.